The molecular weight excluding hydrogens is 268 g/mol. The van der Waals surface area contributed by atoms with Crippen LogP contribution in [0.15, 0.2) is 78.9 Å². The van der Waals surface area contributed by atoms with Crippen molar-refractivity contribution < 1.29 is 5.11 Å². The second kappa shape index (κ2) is 5.28. The van der Waals surface area contributed by atoms with E-state index in [1.165, 1.54) is 27.1 Å². The Balaban J connectivity index is 2.07. The molecule has 0 saturated heterocycles. The van der Waals surface area contributed by atoms with Gasteiger partial charge in [-0.1, -0.05) is 66.7 Å². The van der Waals surface area contributed by atoms with E-state index >= 15 is 0 Å². The maximum absolute atomic E-state index is 9.62. The molecule has 4 aromatic rings. The van der Waals surface area contributed by atoms with Crippen molar-refractivity contribution in [3.63, 3.8) is 0 Å². The molecule has 106 valence electrons. The van der Waals surface area contributed by atoms with Gasteiger partial charge in [-0.15, -0.1) is 0 Å². The Bertz CT molecular complexity index is 970. The van der Waals surface area contributed by atoms with E-state index in [0.717, 1.165) is 11.1 Å². The third-order valence-corrected chi connectivity index (χ3v) is 4.22. The Hall–Kier alpha value is -2.64. The Kier molecular flexibility index (Phi) is 3.14. The van der Waals surface area contributed by atoms with Crippen molar-refractivity contribution in [2.45, 2.75) is 6.61 Å². The average molecular weight is 284 g/mol. The number of hydrogen-bond acceptors (Lipinski definition) is 1. The molecular formula is C21H16O. The van der Waals surface area contributed by atoms with Gasteiger partial charge in [0.1, 0.15) is 0 Å². The van der Waals surface area contributed by atoms with Crippen molar-refractivity contribution in [1.29, 1.82) is 0 Å². The summed E-state index contributed by atoms with van der Waals surface area (Å²) in [5, 5.41) is 14.6. The third kappa shape index (κ3) is 2.07. The van der Waals surface area contributed by atoms with Crippen LogP contribution in [0, 0.1) is 0 Å². The van der Waals surface area contributed by atoms with Crippen molar-refractivity contribution in [3.05, 3.63) is 84.4 Å². The Morgan fingerprint density at radius 2 is 1.23 bits per heavy atom. The van der Waals surface area contributed by atoms with Gasteiger partial charge in [-0.25, -0.2) is 0 Å². The molecule has 22 heavy (non-hydrogen) atoms. The number of rotatable bonds is 2. The summed E-state index contributed by atoms with van der Waals surface area (Å²) in [4.78, 5) is 0. The van der Waals surface area contributed by atoms with Gasteiger partial charge in [-0.2, -0.15) is 0 Å². The molecule has 4 aromatic carbocycles. The molecule has 0 spiro atoms. The fraction of sp³-hybridized carbons (Fsp3) is 0.0476. The van der Waals surface area contributed by atoms with Gasteiger partial charge in [-0.05, 0) is 50.4 Å². The first kappa shape index (κ1) is 13.1. The maximum Gasteiger partial charge on any atom is 0.0687 e. The Labute approximate surface area is 129 Å². The van der Waals surface area contributed by atoms with E-state index in [2.05, 4.69) is 60.7 Å². The summed E-state index contributed by atoms with van der Waals surface area (Å²) in [6.07, 6.45) is 0. The Morgan fingerprint density at radius 1 is 0.591 bits per heavy atom. The minimum Gasteiger partial charge on any atom is -0.392 e. The summed E-state index contributed by atoms with van der Waals surface area (Å²) in [6.45, 7) is 0.0557. The predicted octanol–water partition coefficient (Wildman–Crippen LogP) is 5.15. The molecule has 0 atom stereocenters. The van der Waals surface area contributed by atoms with Crippen LogP contribution in [-0.2, 0) is 6.61 Å². The van der Waals surface area contributed by atoms with Crippen LogP contribution in [-0.4, -0.2) is 5.11 Å². The number of aliphatic hydroxyl groups excluding tert-OH is 1. The highest BCUT2D eigenvalue weighted by Gasteiger charge is 2.08. The van der Waals surface area contributed by atoms with Gasteiger partial charge in [-0.3, -0.25) is 0 Å². The zero-order valence-corrected chi connectivity index (χ0v) is 12.2. The van der Waals surface area contributed by atoms with Crippen molar-refractivity contribution in [1.82, 2.24) is 0 Å². The highest BCUT2D eigenvalue weighted by molar-refractivity contribution is 6.05. The fourth-order valence-electron chi connectivity index (χ4n) is 3.12. The maximum atomic E-state index is 9.62. The largest absolute Gasteiger partial charge is 0.392 e. The van der Waals surface area contributed by atoms with Crippen LogP contribution in [0.3, 0.4) is 0 Å². The summed E-state index contributed by atoms with van der Waals surface area (Å²) >= 11 is 0. The molecule has 1 nitrogen and oxygen atoms in total. The smallest absolute Gasteiger partial charge is 0.0687 e. The van der Waals surface area contributed by atoms with E-state index < -0.39 is 0 Å². The lowest BCUT2D eigenvalue weighted by atomic mass is 9.93. The van der Waals surface area contributed by atoms with Gasteiger partial charge >= 0.3 is 0 Å². The number of fused-ring (bicyclic) bond motifs is 2. The van der Waals surface area contributed by atoms with E-state index in [0.29, 0.717) is 0 Å². The van der Waals surface area contributed by atoms with Crippen LogP contribution >= 0.6 is 0 Å². The summed E-state index contributed by atoms with van der Waals surface area (Å²) in [5.41, 5.74) is 3.24. The zero-order chi connectivity index (χ0) is 14.9. The van der Waals surface area contributed by atoms with E-state index in [1.807, 2.05) is 18.2 Å². The molecule has 0 amide bonds. The van der Waals surface area contributed by atoms with Gasteiger partial charge < -0.3 is 5.11 Å². The number of aliphatic hydroxyl groups is 1. The fourth-order valence-corrected chi connectivity index (χ4v) is 3.12. The molecule has 0 heterocycles. The van der Waals surface area contributed by atoms with E-state index in [9.17, 15) is 5.11 Å². The molecule has 0 unspecified atom stereocenters. The first-order valence-electron chi connectivity index (χ1n) is 7.47. The lowest BCUT2D eigenvalue weighted by Gasteiger charge is -2.12. The normalized spacial score (nSPS) is 11.1. The van der Waals surface area contributed by atoms with E-state index in [-0.39, 0.29) is 6.61 Å². The highest BCUT2D eigenvalue weighted by atomic mass is 16.3. The molecule has 0 bridgehead atoms. The second-order valence-electron chi connectivity index (χ2n) is 5.54. The van der Waals surface area contributed by atoms with Crippen LogP contribution in [0.25, 0.3) is 32.7 Å². The summed E-state index contributed by atoms with van der Waals surface area (Å²) in [6, 6.07) is 27.3. The van der Waals surface area contributed by atoms with Crippen molar-refractivity contribution in [3.8, 4) is 11.1 Å². The molecule has 0 aromatic heterocycles. The molecule has 0 aliphatic carbocycles. The molecule has 1 N–H and O–H groups in total. The first-order chi connectivity index (χ1) is 10.9. The predicted molar refractivity (Wildman–Crippen MR) is 92.8 cm³/mol. The van der Waals surface area contributed by atoms with Crippen LogP contribution in [0.4, 0.5) is 0 Å². The number of benzene rings is 4. The van der Waals surface area contributed by atoms with Crippen molar-refractivity contribution in [2.24, 2.45) is 0 Å². The summed E-state index contributed by atoms with van der Waals surface area (Å²) in [5.74, 6) is 0. The summed E-state index contributed by atoms with van der Waals surface area (Å²) in [7, 11) is 0. The van der Waals surface area contributed by atoms with Crippen LogP contribution in [0.1, 0.15) is 5.56 Å². The monoisotopic (exact) mass is 284 g/mol. The van der Waals surface area contributed by atoms with Gasteiger partial charge in [0, 0.05) is 0 Å². The molecule has 0 saturated carbocycles. The molecule has 0 fully saturated rings. The Morgan fingerprint density at radius 3 is 2.05 bits per heavy atom. The van der Waals surface area contributed by atoms with Gasteiger partial charge in [0.15, 0.2) is 0 Å². The van der Waals surface area contributed by atoms with Gasteiger partial charge in [0.25, 0.3) is 0 Å². The van der Waals surface area contributed by atoms with Crippen molar-refractivity contribution in [2.75, 3.05) is 0 Å². The minimum absolute atomic E-state index is 0.0557. The second-order valence-corrected chi connectivity index (χ2v) is 5.54. The standard InChI is InChI=1S/C21H16O/c22-14-18-8-3-4-10-19(18)20-11-5-9-17-12-15-6-1-2-7-16(15)13-21(17)20/h1-13,22H,14H2. The lowest BCUT2D eigenvalue weighted by Crippen LogP contribution is -1.90. The molecule has 4 rings (SSSR count). The van der Waals surface area contributed by atoms with Crippen LogP contribution in [0.5, 0.6) is 0 Å². The zero-order valence-electron chi connectivity index (χ0n) is 12.2. The van der Waals surface area contributed by atoms with E-state index in [4.69, 9.17) is 0 Å². The minimum atomic E-state index is 0.0557. The average Bonchev–Trinajstić information content (AvgIpc) is 2.59. The number of hydrogen-bond donors (Lipinski definition) is 1. The highest BCUT2D eigenvalue weighted by Crippen LogP contribution is 2.33. The SMILES string of the molecule is OCc1ccccc1-c1cccc2cc3ccccc3cc12. The first-order valence-corrected chi connectivity index (χ1v) is 7.47. The third-order valence-electron chi connectivity index (χ3n) is 4.22. The molecule has 0 radical (unpaired) electrons. The van der Waals surface area contributed by atoms with Crippen LogP contribution < -0.4 is 0 Å². The van der Waals surface area contributed by atoms with Gasteiger partial charge in [0.2, 0.25) is 0 Å². The summed E-state index contributed by atoms with van der Waals surface area (Å²) < 4.78 is 0. The van der Waals surface area contributed by atoms with Crippen LogP contribution in [0.2, 0.25) is 0 Å². The molecule has 0 aliphatic heterocycles. The topological polar surface area (TPSA) is 20.2 Å². The molecule has 1 heteroatoms. The quantitative estimate of drug-likeness (QED) is 0.504. The lowest BCUT2D eigenvalue weighted by molar-refractivity contribution is 0.282. The van der Waals surface area contributed by atoms with E-state index in [1.54, 1.807) is 0 Å². The molecule has 0 aliphatic rings. The van der Waals surface area contributed by atoms with Gasteiger partial charge in [0.05, 0.1) is 6.61 Å². The van der Waals surface area contributed by atoms with Crippen molar-refractivity contribution >= 4 is 21.5 Å².